The maximum Gasteiger partial charge on any atom is 0.344 e. The summed E-state index contributed by atoms with van der Waals surface area (Å²) >= 11 is 6.33. The van der Waals surface area contributed by atoms with Crippen LogP contribution in [0.3, 0.4) is 0 Å². The molecule has 2 rings (SSSR count). The van der Waals surface area contributed by atoms with Crippen LogP contribution in [0, 0.1) is 0 Å². The Morgan fingerprint density at radius 1 is 1.46 bits per heavy atom. The number of thiocarbonyl (C=S) groups is 1. The molecule has 1 aliphatic rings. The third-order valence-electron chi connectivity index (χ3n) is 3.39. The van der Waals surface area contributed by atoms with Crippen molar-refractivity contribution in [2.24, 2.45) is 0 Å². The number of methoxy groups -OCH3 is 1. The third-order valence-corrected chi connectivity index (χ3v) is 4.87. The Hall–Kier alpha value is -2.06. The lowest BCUT2D eigenvalue weighted by Gasteiger charge is -2.16. The summed E-state index contributed by atoms with van der Waals surface area (Å²) in [5.74, 6) is -0.446. The number of carbonyl (C=O) groups is 2. The van der Waals surface area contributed by atoms with Crippen molar-refractivity contribution in [3.8, 4) is 11.5 Å². The Bertz CT molecular complexity index is 716. The molecule has 1 aliphatic heterocycles. The standard InChI is InChI=1S/C16H17NO5S2/c1-4-10(15(19)20)22-11-6-5-9(7-12(11)21-3)8-13-14(18)17(2)16(23)24-13/h5-8,10H,4H2,1-3H3,(H,19,20)/b13-8+. The van der Waals surface area contributed by atoms with Crippen LogP contribution in [0.15, 0.2) is 23.1 Å². The fourth-order valence-corrected chi connectivity index (χ4v) is 3.21. The molecule has 1 unspecified atom stereocenters. The lowest BCUT2D eigenvalue weighted by atomic mass is 10.1. The number of benzene rings is 1. The molecule has 1 fully saturated rings. The number of carboxylic acid groups (broad SMARTS) is 1. The van der Waals surface area contributed by atoms with Crippen molar-refractivity contribution in [2.75, 3.05) is 14.2 Å². The van der Waals surface area contributed by atoms with Gasteiger partial charge in [-0.1, -0.05) is 37.0 Å². The van der Waals surface area contributed by atoms with Gasteiger partial charge in [0.2, 0.25) is 0 Å². The minimum absolute atomic E-state index is 0.152. The first kappa shape index (κ1) is 18.3. The molecular weight excluding hydrogens is 350 g/mol. The molecule has 128 valence electrons. The van der Waals surface area contributed by atoms with Gasteiger partial charge >= 0.3 is 5.97 Å². The second-order valence-electron chi connectivity index (χ2n) is 5.00. The maximum atomic E-state index is 12.0. The number of amides is 1. The van der Waals surface area contributed by atoms with E-state index in [9.17, 15) is 9.59 Å². The predicted molar refractivity (Wildman–Crippen MR) is 96.3 cm³/mol. The zero-order chi connectivity index (χ0) is 17.9. The van der Waals surface area contributed by atoms with E-state index in [0.717, 1.165) is 5.56 Å². The molecule has 0 radical (unpaired) electrons. The molecule has 0 aromatic heterocycles. The Kier molecular flexibility index (Phi) is 5.84. The van der Waals surface area contributed by atoms with Crippen molar-refractivity contribution in [2.45, 2.75) is 19.4 Å². The molecule has 8 heteroatoms. The highest BCUT2D eigenvalue weighted by molar-refractivity contribution is 8.26. The molecule has 1 amide bonds. The molecule has 0 aliphatic carbocycles. The Balaban J connectivity index is 2.28. The summed E-state index contributed by atoms with van der Waals surface area (Å²) in [5.41, 5.74) is 0.733. The Morgan fingerprint density at radius 3 is 2.67 bits per heavy atom. The maximum absolute atomic E-state index is 12.0. The summed E-state index contributed by atoms with van der Waals surface area (Å²) in [7, 11) is 3.10. The summed E-state index contributed by atoms with van der Waals surface area (Å²) in [6, 6.07) is 5.05. The topological polar surface area (TPSA) is 76.1 Å². The monoisotopic (exact) mass is 367 g/mol. The van der Waals surface area contributed by atoms with Crippen molar-refractivity contribution in [1.29, 1.82) is 0 Å². The molecular formula is C16H17NO5S2. The van der Waals surface area contributed by atoms with Gasteiger partial charge in [0.1, 0.15) is 4.32 Å². The fourth-order valence-electron chi connectivity index (χ4n) is 2.03. The van der Waals surface area contributed by atoms with E-state index in [1.54, 1.807) is 38.2 Å². The average molecular weight is 367 g/mol. The highest BCUT2D eigenvalue weighted by Crippen LogP contribution is 2.34. The van der Waals surface area contributed by atoms with Gasteiger partial charge in [-0.25, -0.2) is 4.79 Å². The average Bonchev–Trinajstić information content (AvgIpc) is 2.80. The highest BCUT2D eigenvalue weighted by Gasteiger charge is 2.28. The van der Waals surface area contributed by atoms with Crippen LogP contribution < -0.4 is 9.47 Å². The Morgan fingerprint density at radius 2 is 2.17 bits per heavy atom. The minimum atomic E-state index is -1.03. The van der Waals surface area contributed by atoms with Crippen molar-refractivity contribution in [3.63, 3.8) is 0 Å². The second-order valence-corrected chi connectivity index (χ2v) is 6.68. The van der Waals surface area contributed by atoms with Crippen molar-refractivity contribution >= 4 is 46.3 Å². The molecule has 1 N–H and O–H groups in total. The van der Waals surface area contributed by atoms with Gasteiger partial charge < -0.3 is 14.6 Å². The number of carboxylic acids is 1. The van der Waals surface area contributed by atoms with Gasteiger partial charge in [0.25, 0.3) is 5.91 Å². The smallest absolute Gasteiger partial charge is 0.344 e. The molecule has 1 atom stereocenters. The van der Waals surface area contributed by atoms with Gasteiger partial charge in [-0.05, 0) is 30.2 Å². The molecule has 1 saturated heterocycles. The minimum Gasteiger partial charge on any atom is -0.493 e. The van der Waals surface area contributed by atoms with Crippen molar-refractivity contribution < 1.29 is 24.2 Å². The summed E-state index contributed by atoms with van der Waals surface area (Å²) in [5, 5.41) is 9.09. The lowest BCUT2D eigenvalue weighted by molar-refractivity contribution is -0.145. The highest BCUT2D eigenvalue weighted by atomic mass is 32.2. The number of thioether (sulfide) groups is 1. The van der Waals surface area contributed by atoms with Crippen LogP contribution in [-0.2, 0) is 9.59 Å². The van der Waals surface area contributed by atoms with Crippen LogP contribution in [0.1, 0.15) is 18.9 Å². The molecule has 6 nitrogen and oxygen atoms in total. The number of hydrogen-bond donors (Lipinski definition) is 1. The van der Waals surface area contributed by atoms with E-state index in [2.05, 4.69) is 0 Å². The van der Waals surface area contributed by atoms with E-state index in [0.29, 0.717) is 27.1 Å². The van der Waals surface area contributed by atoms with Crippen LogP contribution in [0.5, 0.6) is 11.5 Å². The molecule has 1 heterocycles. The number of aliphatic carboxylic acids is 1. The zero-order valence-electron chi connectivity index (χ0n) is 13.4. The van der Waals surface area contributed by atoms with E-state index in [1.807, 2.05) is 0 Å². The molecule has 0 saturated carbocycles. The van der Waals surface area contributed by atoms with E-state index in [4.69, 9.17) is 26.8 Å². The van der Waals surface area contributed by atoms with Crippen molar-refractivity contribution in [3.05, 3.63) is 28.7 Å². The van der Waals surface area contributed by atoms with Gasteiger partial charge in [0.05, 0.1) is 12.0 Å². The molecule has 24 heavy (non-hydrogen) atoms. The summed E-state index contributed by atoms with van der Waals surface area (Å²) in [6.07, 6.45) is 1.10. The first-order chi connectivity index (χ1) is 11.4. The van der Waals surface area contributed by atoms with Crippen LogP contribution in [-0.4, -0.2) is 46.5 Å². The molecule has 1 aromatic rings. The first-order valence-corrected chi connectivity index (χ1v) is 8.39. The SMILES string of the molecule is CCC(Oc1ccc(/C=C2/SC(=S)N(C)C2=O)cc1OC)C(=O)O. The van der Waals surface area contributed by atoms with Gasteiger partial charge in [-0.15, -0.1) is 0 Å². The van der Waals surface area contributed by atoms with Crippen LogP contribution in [0.2, 0.25) is 0 Å². The largest absolute Gasteiger partial charge is 0.493 e. The lowest BCUT2D eigenvalue weighted by Crippen LogP contribution is -2.26. The van der Waals surface area contributed by atoms with Gasteiger partial charge in [0, 0.05) is 7.05 Å². The van der Waals surface area contributed by atoms with E-state index >= 15 is 0 Å². The van der Waals surface area contributed by atoms with E-state index in [-0.39, 0.29) is 5.91 Å². The van der Waals surface area contributed by atoms with Crippen LogP contribution in [0.25, 0.3) is 6.08 Å². The number of hydrogen-bond acceptors (Lipinski definition) is 6. The van der Waals surface area contributed by atoms with Crippen molar-refractivity contribution in [1.82, 2.24) is 4.90 Å². The Labute approximate surface area is 149 Å². The first-order valence-electron chi connectivity index (χ1n) is 7.16. The second kappa shape index (κ2) is 7.67. The number of nitrogens with zero attached hydrogens (tertiary/aromatic N) is 1. The molecule has 1 aromatic carbocycles. The molecule has 0 bridgehead atoms. The summed E-state index contributed by atoms with van der Waals surface area (Å²) in [6.45, 7) is 1.73. The third kappa shape index (κ3) is 3.88. The molecule has 0 spiro atoms. The van der Waals surface area contributed by atoms with E-state index < -0.39 is 12.1 Å². The predicted octanol–water partition coefficient (Wildman–Crippen LogP) is 2.77. The number of likely N-dealkylation sites (N-methyl/N-ethyl adjacent to an activating group) is 1. The van der Waals surface area contributed by atoms with Crippen LogP contribution >= 0.6 is 24.0 Å². The van der Waals surface area contributed by atoms with E-state index in [1.165, 1.54) is 23.8 Å². The van der Waals surface area contributed by atoms with Gasteiger partial charge in [-0.2, -0.15) is 0 Å². The van der Waals surface area contributed by atoms with Crippen LogP contribution in [0.4, 0.5) is 0 Å². The summed E-state index contributed by atoms with van der Waals surface area (Å²) < 4.78 is 11.3. The number of carbonyl (C=O) groups excluding carboxylic acids is 1. The fraction of sp³-hybridized carbons (Fsp3) is 0.312. The van der Waals surface area contributed by atoms with Gasteiger partial charge in [-0.3, -0.25) is 9.69 Å². The number of ether oxygens (including phenoxy) is 2. The number of rotatable bonds is 6. The normalized spacial score (nSPS) is 17.3. The zero-order valence-corrected chi connectivity index (χ0v) is 15.1. The van der Waals surface area contributed by atoms with Gasteiger partial charge in [0.15, 0.2) is 17.6 Å². The summed E-state index contributed by atoms with van der Waals surface area (Å²) in [4.78, 5) is 25.1. The quantitative estimate of drug-likeness (QED) is 0.612.